The predicted octanol–water partition coefficient (Wildman–Crippen LogP) is 8.71. The number of carbonyl (C=O) groups excluding carboxylic acids is 3. The van der Waals surface area contributed by atoms with Crippen LogP contribution in [0.2, 0.25) is 0 Å². The summed E-state index contributed by atoms with van der Waals surface area (Å²) in [7, 11) is 0. The molecule has 1 aliphatic carbocycles. The van der Waals surface area contributed by atoms with E-state index in [9.17, 15) is 14.4 Å². The molecular formula is C37H54N2O3S2. The van der Waals surface area contributed by atoms with Crippen LogP contribution in [-0.2, 0) is 12.8 Å². The maximum atomic E-state index is 14.0. The maximum Gasteiger partial charge on any atom is 0.216 e. The van der Waals surface area contributed by atoms with Crippen LogP contribution >= 0.6 is 25.3 Å². The standard InChI is InChI=1S/C37H54N2O3S2/c1-5-9-19-38(20-10-6-2)23-13-15-27-25-31-29-18-17-28(36(41)43)26-32(29)35(40)34(31)30(33(27)37(42)44)16-14-24-39(21-11-7-3)22-12-8-4/h17-18,25-26H,5-16,19-24H2,1-4H3,(H,41,43)(H,42,44). The number of unbranched alkanes of at least 4 members (excludes halogenated alkanes) is 4. The van der Waals surface area contributed by atoms with Crippen molar-refractivity contribution in [2.75, 3.05) is 39.3 Å². The second-order valence-corrected chi connectivity index (χ2v) is 13.1. The molecule has 44 heavy (non-hydrogen) atoms. The van der Waals surface area contributed by atoms with Crippen LogP contribution in [0.4, 0.5) is 0 Å². The first-order valence-electron chi connectivity index (χ1n) is 17.1. The minimum atomic E-state index is -0.362. The van der Waals surface area contributed by atoms with Gasteiger partial charge in [0.05, 0.1) is 0 Å². The highest BCUT2D eigenvalue weighted by molar-refractivity contribution is 7.97. The van der Waals surface area contributed by atoms with Crippen molar-refractivity contribution in [3.63, 3.8) is 0 Å². The highest BCUT2D eigenvalue weighted by Gasteiger charge is 2.33. The Bertz CT molecular complexity index is 1260. The first-order chi connectivity index (χ1) is 21.3. The number of hydrogen-bond acceptors (Lipinski definition) is 5. The molecule has 0 aromatic heterocycles. The van der Waals surface area contributed by atoms with Crippen LogP contribution in [-0.4, -0.2) is 65.1 Å². The van der Waals surface area contributed by atoms with Gasteiger partial charge < -0.3 is 9.80 Å². The quantitative estimate of drug-likeness (QED) is 0.108. The third-order valence-electron chi connectivity index (χ3n) is 8.89. The normalized spacial score (nSPS) is 12.3. The van der Waals surface area contributed by atoms with Gasteiger partial charge in [0.2, 0.25) is 10.2 Å². The predicted molar refractivity (Wildman–Crippen MR) is 191 cm³/mol. The Balaban J connectivity index is 1.99. The second kappa shape index (κ2) is 18.9. The largest absolute Gasteiger partial charge is 0.303 e. The van der Waals surface area contributed by atoms with Crippen molar-refractivity contribution < 1.29 is 14.4 Å². The van der Waals surface area contributed by atoms with Gasteiger partial charge in [0, 0.05) is 22.3 Å². The van der Waals surface area contributed by atoms with E-state index in [2.05, 4.69) is 68.8 Å². The number of thiol groups is 2. The van der Waals surface area contributed by atoms with E-state index in [0.717, 1.165) is 93.6 Å². The second-order valence-electron chi connectivity index (χ2n) is 12.3. The Morgan fingerprint density at radius 3 is 1.59 bits per heavy atom. The van der Waals surface area contributed by atoms with Gasteiger partial charge in [-0.2, -0.15) is 0 Å². The number of aryl methyl sites for hydroxylation is 1. The van der Waals surface area contributed by atoms with Crippen LogP contribution in [0.5, 0.6) is 0 Å². The summed E-state index contributed by atoms with van der Waals surface area (Å²) in [6.07, 6.45) is 12.6. The summed E-state index contributed by atoms with van der Waals surface area (Å²) in [6, 6.07) is 7.33. The Morgan fingerprint density at radius 2 is 1.11 bits per heavy atom. The lowest BCUT2D eigenvalue weighted by Gasteiger charge is -2.24. The van der Waals surface area contributed by atoms with Gasteiger partial charge in [-0.1, -0.05) is 59.4 Å². The van der Waals surface area contributed by atoms with Crippen molar-refractivity contribution in [3.8, 4) is 11.1 Å². The lowest BCUT2D eigenvalue weighted by Crippen LogP contribution is -2.28. The Kier molecular flexibility index (Phi) is 15.7. The van der Waals surface area contributed by atoms with Crippen molar-refractivity contribution >= 4 is 41.3 Å². The number of hydrogen-bond donors (Lipinski definition) is 2. The fraction of sp³-hybridized carbons (Fsp3) is 0.595. The zero-order chi connectivity index (χ0) is 32.1. The molecule has 2 aromatic carbocycles. The molecule has 1 aliphatic rings. The molecule has 2 aromatic rings. The SMILES string of the molecule is CCCCN(CCCC)CCCc1cc2c(c(CCCN(CCCC)CCCC)c1C(=O)S)C(=O)c1cc(C(=O)S)ccc1-2. The Hall–Kier alpha value is -1.93. The average molecular weight is 639 g/mol. The highest BCUT2D eigenvalue weighted by Crippen LogP contribution is 2.42. The van der Waals surface area contributed by atoms with Crippen molar-refractivity contribution in [1.29, 1.82) is 0 Å². The van der Waals surface area contributed by atoms with Crippen LogP contribution in [0.3, 0.4) is 0 Å². The molecule has 0 fully saturated rings. The molecule has 242 valence electrons. The molecule has 3 rings (SSSR count). The van der Waals surface area contributed by atoms with Crippen LogP contribution in [0.1, 0.15) is 140 Å². The summed E-state index contributed by atoms with van der Waals surface area (Å²) in [5.41, 5.74) is 5.69. The van der Waals surface area contributed by atoms with Gasteiger partial charge in [-0.05, 0) is 131 Å². The molecule has 0 atom stereocenters. The number of benzene rings is 2. The summed E-state index contributed by atoms with van der Waals surface area (Å²) >= 11 is 8.38. The maximum absolute atomic E-state index is 14.0. The Morgan fingerprint density at radius 1 is 0.614 bits per heavy atom. The summed E-state index contributed by atoms with van der Waals surface area (Å²) in [5, 5.41) is -0.630. The van der Waals surface area contributed by atoms with Crippen LogP contribution in [0.15, 0.2) is 24.3 Å². The molecular weight excluding hydrogens is 585 g/mol. The van der Waals surface area contributed by atoms with E-state index in [1.807, 2.05) is 6.07 Å². The molecule has 0 radical (unpaired) electrons. The molecule has 0 saturated carbocycles. The number of ketones is 1. The van der Waals surface area contributed by atoms with Gasteiger partial charge >= 0.3 is 0 Å². The lowest BCUT2D eigenvalue weighted by molar-refractivity contribution is 0.104. The van der Waals surface area contributed by atoms with Crippen molar-refractivity contribution in [1.82, 2.24) is 9.80 Å². The minimum absolute atomic E-state index is 0.108. The first kappa shape index (κ1) is 36.5. The molecule has 0 unspecified atom stereocenters. The molecule has 0 spiro atoms. The number of carbonyl (C=O) groups is 3. The van der Waals surface area contributed by atoms with E-state index in [4.69, 9.17) is 0 Å². The number of nitrogens with zero attached hydrogens (tertiary/aromatic N) is 2. The van der Waals surface area contributed by atoms with Crippen molar-refractivity contribution in [2.45, 2.75) is 105 Å². The van der Waals surface area contributed by atoms with Crippen molar-refractivity contribution in [2.24, 2.45) is 0 Å². The monoisotopic (exact) mass is 638 g/mol. The smallest absolute Gasteiger partial charge is 0.216 e. The number of rotatable bonds is 22. The average Bonchev–Trinajstić information content (AvgIpc) is 3.29. The van der Waals surface area contributed by atoms with Gasteiger partial charge in [-0.3, -0.25) is 14.4 Å². The van der Waals surface area contributed by atoms with E-state index >= 15 is 0 Å². The lowest BCUT2D eigenvalue weighted by atomic mass is 9.87. The summed E-state index contributed by atoms with van der Waals surface area (Å²) in [6.45, 7) is 15.2. The molecule has 0 N–H and O–H groups in total. The summed E-state index contributed by atoms with van der Waals surface area (Å²) < 4.78 is 0. The van der Waals surface area contributed by atoms with Crippen LogP contribution in [0, 0.1) is 0 Å². The van der Waals surface area contributed by atoms with Gasteiger partial charge in [-0.25, -0.2) is 0 Å². The van der Waals surface area contributed by atoms with Crippen LogP contribution in [0.25, 0.3) is 11.1 Å². The summed E-state index contributed by atoms with van der Waals surface area (Å²) in [5.74, 6) is -0.108. The number of fused-ring (bicyclic) bond motifs is 3. The third-order valence-corrected chi connectivity index (χ3v) is 9.37. The fourth-order valence-corrected chi connectivity index (χ4v) is 6.81. The van der Waals surface area contributed by atoms with Gasteiger partial charge in [0.25, 0.3) is 0 Å². The van der Waals surface area contributed by atoms with E-state index in [1.165, 1.54) is 38.5 Å². The zero-order valence-electron chi connectivity index (χ0n) is 27.6. The molecule has 0 bridgehead atoms. The van der Waals surface area contributed by atoms with E-state index < -0.39 is 0 Å². The van der Waals surface area contributed by atoms with Gasteiger partial charge in [0.1, 0.15) is 0 Å². The zero-order valence-corrected chi connectivity index (χ0v) is 29.3. The highest BCUT2D eigenvalue weighted by atomic mass is 32.1. The fourth-order valence-electron chi connectivity index (χ4n) is 6.39. The molecule has 0 heterocycles. The van der Waals surface area contributed by atoms with Gasteiger partial charge in [0.15, 0.2) is 5.78 Å². The Labute approximate surface area is 277 Å². The van der Waals surface area contributed by atoms with E-state index in [-0.39, 0.29) is 16.0 Å². The molecule has 0 saturated heterocycles. The van der Waals surface area contributed by atoms with E-state index in [1.54, 1.807) is 12.1 Å². The van der Waals surface area contributed by atoms with Crippen LogP contribution < -0.4 is 0 Å². The topological polar surface area (TPSA) is 57.7 Å². The molecule has 7 heteroatoms. The molecule has 5 nitrogen and oxygen atoms in total. The third kappa shape index (κ3) is 9.78. The molecule has 0 amide bonds. The minimum Gasteiger partial charge on any atom is -0.303 e. The van der Waals surface area contributed by atoms with Crippen molar-refractivity contribution in [3.05, 3.63) is 57.6 Å². The first-order valence-corrected chi connectivity index (χ1v) is 18.0. The molecule has 0 aliphatic heterocycles. The summed E-state index contributed by atoms with van der Waals surface area (Å²) in [4.78, 5) is 44.3. The van der Waals surface area contributed by atoms with E-state index in [0.29, 0.717) is 28.7 Å². The van der Waals surface area contributed by atoms with Gasteiger partial charge in [-0.15, -0.1) is 25.3 Å².